The third-order valence-electron chi connectivity index (χ3n) is 6.67. The fourth-order valence-corrected chi connectivity index (χ4v) is 5.02. The molecule has 8 heteroatoms. The van der Waals surface area contributed by atoms with Crippen LogP contribution in [0.25, 0.3) is 11.1 Å². The zero-order valence-corrected chi connectivity index (χ0v) is 19.2. The fourth-order valence-electron chi connectivity index (χ4n) is 5.02. The summed E-state index contributed by atoms with van der Waals surface area (Å²) in [4.78, 5) is 41.5. The number of alkyl carbamates (subject to hydrolysis) is 1. The maximum absolute atomic E-state index is 12.9. The van der Waals surface area contributed by atoms with Gasteiger partial charge >= 0.3 is 12.1 Å². The van der Waals surface area contributed by atoms with Crippen LogP contribution in [0.1, 0.15) is 49.1 Å². The molecule has 2 amide bonds. The average molecular weight is 467 g/mol. The Kier molecular flexibility index (Phi) is 7.47. The normalized spacial score (nSPS) is 19.4. The van der Waals surface area contributed by atoms with Gasteiger partial charge in [-0.05, 0) is 35.1 Å². The van der Waals surface area contributed by atoms with Gasteiger partial charge in [0.2, 0.25) is 0 Å². The Balaban J connectivity index is 1.40. The maximum Gasteiger partial charge on any atom is 0.407 e. The summed E-state index contributed by atoms with van der Waals surface area (Å²) in [5.41, 5.74) is 4.59. The molecular formula is C26H30N2O6. The highest BCUT2D eigenvalue weighted by Crippen LogP contribution is 2.44. The van der Waals surface area contributed by atoms with Crippen molar-refractivity contribution >= 4 is 18.0 Å². The third-order valence-corrected chi connectivity index (χ3v) is 6.67. The van der Waals surface area contributed by atoms with Crippen molar-refractivity contribution in [3.8, 4) is 11.1 Å². The number of fused-ring (bicyclic) bond motifs is 3. The molecule has 0 heterocycles. The molecule has 2 aromatic carbocycles. The lowest BCUT2D eigenvalue weighted by Crippen LogP contribution is -2.47. The van der Waals surface area contributed by atoms with Crippen LogP contribution in [0.3, 0.4) is 0 Å². The van der Waals surface area contributed by atoms with Gasteiger partial charge in [-0.15, -0.1) is 0 Å². The molecule has 4 rings (SSSR count). The van der Waals surface area contributed by atoms with Crippen molar-refractivity contribution in [1.29, 1.82) is 0 Å². The number of ether oxygens (including phenoxy) is 1. The Labute approximate surface area is 198 Å². The van der Waals surface area contributed by atoms with Gasteiger partial charge in [0.25, 0.3) is 5.91 Å². The van der Waals surface area contributed by atoms with Crippen molar-refractivity contribution < 1.29 is 29.1 Å². The van der Waals surface area contributed by atoms with E-state index in [4.69, 9.17) is 14.7 Å². The first-order valence-corrected chi connectivity index (χ1v) is 11.7. The number of aliphatic carboxylic acids is 1. The van der Waals surface area contributed by atoms with Crippen LogP contribution in [-0.4, -0.2) is 54.4 Å². The summed E-state index contributed by atoms with van der Waals surface area (Å²) in [6, 6.07) is 15.9. The van der Waals surface area contributed by atoms with E-state index in [1.165, 1.54) is 7.05 Å². The molecular weight excluding hydrogens is 436 g/mol. The Morgan fingerprint density at radius 1 is 0.971 bits per heavy atom. The smallest absolute Gasteiger partial charge is 0.407 e. The number of hydrogen-bond donors (Lipinski definition) is 2. The van der Waals surface area contributed by atoms with E-state index in [2.05, 4.69) is 29.6 Å². The first-order valence-electron chi connectivity index (χ1n) is 11.7. The Hall–Kier alpha value is -3.39. The van der Waals surface area contributed by atoms with Crippen molar-refractivity contribution in [2.45, 2.75) is 44.1 Å². The van der Waals surface area contributed by atoms with Gasteiger partial charge < -0.3 is 15.2 Å². The molecule has 0 spiro atoms. The predicted octanol–water partition coefficient (Wildman–Crippen LogP) is 3.95. The minimum atomic E-state index is -1.16. The molecule has 1 fully saturated rings. The maximum atomic E-state index is 12.9. The van der Waals surface area contributed by atoms with E-state index < -0.39 is 30.6 Å². The monoisotopic (exact) mass is 466 g/mol. The van der Waals surface area contributed by atoms with E-state index in [1.807, 2.05) is 24.3 Å². The quantitative estimate of drug-likeness (QED) is 0.473. The Morgan fingerprint density at radius 2 is 1.59 bits per heavy atom. The van der Waals surface area contributed by atoms with Crippen LogP contribution in [-0.2, 0) is 19.2 Å². The molecule has 34 heavy (non-hydrogen) atoms. The van der Waals surface area contributed by atoms with E-state index in [-0.39, 0.29) is 18.4 Å². The first-order chi connectivity index (χ1) is 16.5. The minimum absolute atomic E-state index is 0.0414. The molecule has 180 valence electrons. The van der Waals surface area contributed by atoms with Gasteiger partial charge in [0, 0.05) is 19.0 Å². The number of nitrogens with zero attached hydrogens (tertiary/aromatic N) is 1. The summed E-state index contributed by atoms with van der Waals surface area (Å²) in [6.45, 7) is -0.397. The molecule has 2 aliphatic carbocycles. The van der Waals surface area contributed by atoms with Crippen LogP contribution in [0, 0.1) is 5.92 Å². The SMILES string of the molecule is CN(OCC(=O)O)C(=O)[C@@H]1CCCCC[C@@H]1NC(=O)OCC1c2ccccc2-c2ccccc21. The molecule has 2 N–H and O–H groups in total. The number of hydrogen-bond acceptors (Lipinski definition) is 5. The summed E-state index contributed by atoms with van der Waals surface area (Å²) >= 11 is 0. The summed E-state index contributed by atoms with van der Waals surface area (Å²) in [5.74, 6) is -2.04. The van der Waals surface area contributed by atoms with Crippen LogP contribution in [0.5, 0.6) is 0 Å². The lowest BCUT2D eigenvalue weighted by Gasteiger charge is -2.28. The van der Waals surface area contributed by atoms with Gasteiger partial charge in [0.1, 0.15) is 6.61 Å². The second kappa shape index (κ2) is 10.7. The van der Waals surface area contributed by atoms with Crippen LogP contribution >= 0.6 is 0 Å². The Bertz CT molecular complexity index is 1010. The van der Waals surface area contributed by atoms with E-state index in [0.717, 1.165) is 46.6 Å². The standard InChI is InChI=1S/C26H30N2O6/c1-28(34-16-24(29)30)25(31)21-13-3-2-4-14-23(21)27-26(32)33-15-22-19-11-7-5-9-17(19)18-10-6-8-12-20(18)22/h5-12,21-23H,2-4,13-16H2,1H3,(H,27,32)(H,29,30)/t21-,23+/m1/s1. The highest BCUT2D eigenvalue weighted by atomic mass is 16.7. The topological polar surface area (TPSA) is 105 Å². The minimum Gasteiger partial charge on any atom is -0.479 e. The lowest BCUT2D eigenvalue weighted by molar-refractivity contribution is -0.190. The zero-order chi connectivity index (χ0) is 24.1. The van der Waals surface area contributed by atoms with Crippen LogP contribution in [0.4, 0.5) is 4.79 Å². The third kappa shape index (κ3) is 5.22. The largest absolute Gasteiger partial charge is 0.479 e. The number of carboxylic acids is 1. The number of rotatable bonds is 7. The van der Waals surface area contributed by atoms with Crippen molar-refractivity contribution in [3.63, 3.8) is 0 Å². The zero-order valence-electron chi connectivity index (χ0n) is 19.2. The van der Waals surface area contributed by atoms with E-state index in [9.17, 15) is 14.4 Å². The van der Waals surface area contributed by atoms with Gasteiger partial charge in [-0.1, -0.05) is 67.8 Å². The number of amides is 2. The summed E-state index contributed by atoms with van der Waals surface area (Å²) in [6.07, 6.45) is 3.39. The molecule has 2 aliphatic rings. The molecule has 0 radical (unpaired) electrons. The second-order valence-corrected chi connectivity index (χ2v) is 8.82. The van der Waals surface area contributed by atoms with Crippen molar-refractivity contribution in [2.24, 2.45) is 5.92 Å². The van der Waals surface area contributed by atoms with E-state index in [0.29, 0.717) is 12.8 Å². The summed E-state index contributed by atoms with van der Waals surface area (Å²) < 4.78 is 5.67. The van der Waals surface area contributed by atoms with Crippen LogP contribution < -0.4 is 5.32 Å². The number of carboxylic acid groups (broad SMARTS) is 1. The molecule has 0 aliphatic heterocycles. The van der Waals surface area contributed by atoms with Crippen LogP contribution in [0.15, 0.2) is 48.5 Å². The number of carbonyl (C=O) groups is 3. The van der Waals surface area contributed by atoms with Gasteiger partial charge in [-0.3, -0.25) is 9.63 Å². The van der Waals surface area contributed by atoms with Gasteiger partial charge in [0.05, 0.1) is 5.92 Å². The number of benzene rings is 2. The Morgan fingerprint density at radius 3 is 2.24 bits per heavy atom. The van der Waals surface area contributed by atoms with Gasteiger partial charge in [0.15, 0.2) is 6.61 Å². The van der Waals surface area contributed by atoms with Crippen molar-refractivity contribution in [2.75, 3.05) is 20.3 Å². The summed E-state index contributed by atoms with van der Waals surface area (Å²) in [5, 5.41) is 12.7. The fraction of sp³-hybridized carbons (Fsp3) is 0.423. The van der Waals surface area contributed by atoms with E-state index in [1.54, 1.807) is 0 Å². The summed E-state index contributed by atoms with van der Waals surface area (Å²) in [7, 11) is 1.40. The highest BCUT2D eigenvalue weighted by Gasteiger charge is 2.34. The van der Waals surface area contributed by atoms with Gasteiger partial charge in [-0.2, -0.15) is 0 Å². The first kappa shape index (κ1) is 23.8. The molecule has 8 nitrogen and oxygen atoms in total. The molecule has 1 saturated carbocycles. The number of carbonyl (C=O) groups excluding carboxylic acids is 2. The van der Waals surface area contributed by atoms with Crippen molar-refractivity contribution in [3.05, 3.63) is 59.7 Å². The average Bonchev–Trinajstić information content (AvgIpc) is 2.97. The highest BCUT2D eigenvalue weighted by molar-refractivity contribution is 5.80. The number of hydroxylamine groups is 2. The van der Waals surface area contributed by atoms with Crippen LogP contribution in [0.2, 0.25) is 0 Å². The molecule has 2 atom stereocenters. The second-order valence-electron chi connectivity index (χ2n) is 8.82. The molecule has 2 aromatic rings. The van der Waals surface area contributed by atoms with Gasteiger partial charge in [-0.25, -0.2) is 14.7 Å². The number of nitrogens with one attached hydrogen (secondary N) is 1. The molecule has 0 unspecified atom stereocenters. The van der Waals surface area contributed by atoms with E-state index >= 15 is 0 Å². The molecule has 0 saturated heterocycles. The molecule has 0 aromatic heterocycles. The lowest BCUT2D eigenvalue weighted by atomic mass is 9.94. The van der Waals surface area contributed by atoms with Crippen molar-refractivity contribution in [1.82, 2.24) is 10.4 Å². The predicted molar refractivity (Wildman–Crippen MR) is 125 cm³/mol. The molecule has 0 bridgehead atoms.